The van der Waals surface area contributed by atoms with Crippen LogP contribution in [0.5, 0.6) is 0 Å². The molecule has 0 spiro atoms. The Kier molecular flexibility index (Phi) is 6.03. The van der Waals surface area contributed by atoms with E-state index < -0.39 is 5.82 Å². The number of carbonyl (C=O) groups is 2. The van der Waals surface area contributed by atoms with Gasteiger partial charge in [0.05, 0.1) is 5.56 Å². The van der Waals surface area contributed by atoms with Crippen LogP contribution >= 0.6 is 0 Å². The molecule has 1 aliphatic rings. The van der Waals surface area contributed by atoms with Crippen molar-refractivity contribution in [3.8, 4) is 0 Å². The highest BCUT2D eigenvalue weighted by atomic mass is 19.1. The molecule has 25 heavy (non-hydrogen) atoms. The molecule has 2 rings (SSSR count). The van der Waals surface area contributed by atoms with Gasteiger partial charge < -0.3 is 15.5 Å². The van der Waals surface area contributed by atoms with Crippen LogP contribution in [0.15, 0.2) is 24.3 Å². The molecule has 138 valence electrons. The van der Waals surface area contributed by atoms with Crippen LogP contribution < -0.4 is 10.6 Å². The zero-order valence-electron chi connectivity index (χ0n) is 15.4. The summed E-state index contributed by atoms with van der Waals surface area (Å²) in [6.45, 7) is 8.85. The zero-order chi connectivity index (χ0) is 18.6. The SMILES string of the molecule is C[C@@H](NC(=O)NC(C)(C)C)[C@H]1CCCN(C(=O)c2ccccc2F)C1. The minimum Gasteiger partial charge on any atom is -0.338 e. The largest absolute Gasteiger partial charge is 0.338 e. The zero-order valence-corrected chi connectivity index (χ0v) is 15.4. The van der Waals surface area contributed by atoms with E-state index in [-0.39, 0.29) is 35.0 Å². The van der Waals surface area contributed by atoms with E-state index in [1.54, 1.807) is 17.0 Å². The molecule has 0 unspecified atom stereocenters. The maximum absolute atomic E-state index is 13.9. The predicted molar refractivity (Wildman–Crippen MR) is 95.9 cm³/mol. The maximum Gasteiger partial charge on any atom is 0.315 e. The van der Waals surface area contributed by atoms with Gasteiger partial charge in [-0.2, -0.15) is 0 Å². The molecular weight excluding hydrogens is 321 g/mol. The first-order chi connectivity index (χ1) is 11.7. The Morgan fingerprint density at radius 3 is 2.60 bits per heavy atom. The number of amides is 3. The van der Waals surface area contributed by atoms with Crippen LogP contribution in [-0.2, 0) is 0 Å². The number of hydrogen-bond donors (Lipinski definition) is 2. The molecule has 2 N–H and O–H groups in total. The average molecular weight is 349 g/mol. The molecule has 1 fully saturated rings. The lowest BCUT2D eigenvalue weighted by atomic mass is 9.91. The highest BCUT2D eigenvalue weighted by Crippen LogP contribution is 2.22. The Morgan fingerprint density at radius 2 is 1.96 bits per heavy atom. The second kappa shape index (κ2) is 7.85. The first-order valence-corrected chi connectivity index (χ1v) is 8.80. The lowest BCUT2D eigenvalue weighted by molar-refractivity contribution is 0.0649. The minimum atomic E-state index is -0.495. The van der Waals surface area contributed by atoms with Crippen molar-refractivity contribution in [2.24, 2.45) is 5.92 Å². The Bertz CT molecular complexity index is 627. The summed E-state index contributed by atoms with van der Waals surface area (Å²) in [5.41, 5.74) is -0.197. The third kappa shape index (κ3) is 5.44. The minimum absolute atomic E-state index is 0.0708. The molecule has 1 saturated heterocycles. The van der Waals surface area contributed by atoms with Crippen molar-refractivity contribution in [3.05, 3.63) is 35.6 Å². The normalized spacial score (nSPS) is 19.2. The van der Waals surface area contributed by atoms with E-state index in [4.69, 9.17) is 0 Å². The molecule has 0 bridgehead atoms. The van der Waals surface area contributed by atoms with Crippen molar-refractivity contribution in [2.75, 3.05) is 13.1 Å². The molecule has 0 saturated carbocycles. The van der Waals surface area contributed by atoms with E-state index >= 15 is 0 Å². The number of nitrogens with zero attached hydrogens (tertiary/aromatic N) is 1. The molecule has 6 heteroatoms. The summed E-state index contributed by atoms with van der Waals surface area (Å²) in [6, 6.07) is 5.77. The lowest BCUT2D eigenvalue weighted by Gasteiger charge is -2.36. The summed E-state index contributed by atoms with van der Waals surface area (Å²) in [7, 11) is 0. The van der Waals surface area contributed by atoms with Gasteiger partial charge >= 0.3 is 6.03 Å². The predicted octanol–water partition coefficient (Wildman–Crippen LogP) is 3.16. The fourth-order valence-corrected chi connectivity index (χ4v) is 3.11. The highest BCUT2D eigenvalue weighted by Gasteiger charge is 2.30. The van der Waals surface area contributed by atoms with E-state index in [0.29, 0.717) is 13.1 Å². The highest BCUT2D eigenvalue weighted by molar-refractivity contribution is 5.94. The fraction of sp³-hybridized carbons (Fsp3) is 0.579. The van der Waals surface area contributed by atoms with Gasteiger partial charge in [-0.05, 0) is 58.6 Å². The molecule has 1 aromatic rings. The number of carbonyl (C=O) groups excluding carboxylic acids is 2. The number of urea groups is 1. The molecule has 0 aromatic heterocycles. The molecule has 1 aromatic carbocycles. The molecular formula is C19H28FN3O2. The molecule has 0 radical (unpaired) electrons. The van der Waals surface area contributed by atoms with Gasteiger partial charge in [-0.3, -0.25) is 4.79 Å². The van der Waals surface area contributed by atoms with Crippen molar-refractivity contribution in [1.82, 2.24) is 15.5 Å². The Labute approximate surface area is 149 Å². The number of rotatable bonds is 3. The first-order valence-electron chi connectivity index (χ1n) is 8.80. The van der Waals surface area contributed by atoms with Gasteiger partial charge in [0.1, 0.15) is 5.82 Å². The molecule has 1 heterocycles. The van der Waals surface area contributed by atoms with Gasteiger partial charge in [0.2, 0.25) is 0 Å². The Morgan fingerprint density at radius 1 is 1.28 bits per heavy atom. The van der Waals surface area contributed by atoms with Crippen LogP contribution in [0.4, 0.5) is 9.18 Å². The Hall–Kier alpha value is -2.11. The molecule has 1 aliphatic heterocycles. The number of likely N-dealkylation sites (tertiary alicyclic amines) is 1. The summed E-state index contributed by atoms with van der Waals surface area (Å²) >= 11 is 0. The van der Waals surface area contributed by atoms with Gasteiger partial charge in [-0.25, -0.2) is 9.18 Å². The van der Waals surface area contributed by atoms with Gasteiger partial charge in [0, 0.05) is 24.7 Å². The summed E-state index contributed by atoms with van der Waals surface area (Å²) in [6.07, 6.45) is 1.77. The first kappa shape index (κ1) is 19.2. The van der Waals surface area contributed by atoms with Gasteiger partial charge in [0.15, 0.2) is 0 Å². The third-order valence-corrected chi connectivity index (χ3v) is 4.40. The Balaban J connectivity index is 1.97. The summed E-state index contributed by atoms with van der Waals surface area (Å²) in [4.78, 5) is 26.3. The van der Waals surface area contributed by atoms with E-state index in [1.165, 1.54) is 12.1 Å². The van der Waals surface area contributed by atoms with Crippen molar-refractivity contribution in [3.63, 3.8) is 0 Å². The monoisotopic (exact) mass is 349 g/mol. The van der Waals surface area contributed by atoms with Crippen LogP contribution in [0.2, 0.25) is 0 Å². The summed E-state index contributed by atoms with van der Waals surface area (Å²) < 4.78 is 13.9. The van der Waals surface area contributed by atoms with Crippen LogP contribution in [0.25, 0.3) is 0 Å². The topological polar surface area (TPSA) is 61.4 Å². The fourth-order valence-electron chi connectivity index (χ4n) is 3.11. The number of piperidine rings is 1. The van der Waals surface area contributed by atoms with E-state index in [2.05, 4.69) is 10.6 Å². The van der Waals surface area contributed by atoms with Crippen molar-refractivity contribution >= 4 is 11.9 Å². The quantitative estimate of drug-likeness (QED) is 0.880. The van der Waals surface area contributed by atoms with Crippen LogP contribution in [-0.4, -0.2) is 41.5 Å². The number of halogens is 1. The maximum atomic E-state index is 13.9. The van der Waals surface area contributed by atoms with Crippen LogP contribution in [0, 0.1) is 11.7 Å². The van der Waals surface area contributed by atoms with Gasteiger partial charge in [-0.1, -0.05) is 12.1 Å². The second-order valence-electron chi connectivity index (χ2n) is 7.77. The number of hydrogen-bond acceptors (Lipinski definition) is 2. The average Bonchev–Trinajstić information content (AvgIpc) is 2.53. The standard InChI is InChI=1S/C19H28FN3O2/c1-13(21-18(25)22-19(2,3)4)14-8-7-11-23(12-14)17(24)15-9-5-6-10-16(15)20/h5-6,9-10,13-14H,7-8,11-12H2,1-4H3,(H2,21,22,25)/t13-,14+/m1/s1. The number of benzene rings is 1. The molecule has 5 nitrogen and oxygen atoms in total. The smallest absolute Gasteiger partial charge is 0.315 e. The van der Waals surface area contributed by atoms with Gasteiger partial charge in [0.25, 0.3) is 5.91 Å². The summed E-state index contributed by atoms with van der Waals surface area (Å²) in [5, 5.41) is 5.83. The van der Waals surface area contributed by atoms with Crippen molar-refractivity contribution < 1.29 is 14.0 Å². The van der Waals surface area contributed by atoms with E-state index in [0.717, 1.165) is 12.8 Å². The van der Waals surface area contributed by atoms with Gasteiger partial charge in [-0.15, -0.1) is 0 Å². The molecule has 2 atom stereocenters. The summed E-state index contributed by atoms with van der Waals surface area (Å²) in [5.74, 6) is -0.630. The van der Waals surface area contributed by atoms with Crippen molar-refractivity contribution in [1.29, 1.82) is 0 Å². The third-order valence-electron chi connectivity index (χ3n) is 4.40. The number of nitrogens with one attached hydrogen (secondary N) is 2. The lowest BCUT2D eigenvalue weighted by Crippen LogP contribution is -2.53. The van der Waals surface area contributed by atoms with Crippen molar-refractivity contribution in [2.45, 2.75) is 52.1 Å². The molecule has 3 amide bonds. The van der Waals surface area contributed by atoms with E-state index in [9.17, 15) is 14.0 Å². The van der Waals surface area contributed by atoms with Crippen LogP contribution in [0.3, 0.4) is 0 Å². The second-order valence-corrected chi connectivity index (χ2v) is 7.77. The van der Waals surface area contributed by atoms with Crippen LogP contribution in [0.1, 0.15) is 50.9 Å². The molecule has 0 aliphatic carbocycles. The van der Waals surface area contributed by atoms with E-state index in [1.807, 2.05) is 27.7 Å².